The quantitative estimate of drug-likeness (QED) is 0.508. The molecule has 2 aliphatic rings. The van der Waals surface area contributed by atoms with Crippen molar-refractivity contribution in [3.8, 4) is 5.75 Å². The number of aliphatic imine (C=N–C) groups is 1. The number of ether oxygens (including phenoxy) is 2. The number of allylic oxidation sites excluding steroid dienone is 2. The van der Waals surface area contributed by atoms with Gasteiger partial charge in [0, 0.05) is 34.9 Å². The van der Waals surface area contributed by atoms with Crippen molar-refractivity contribution in [2.24, 2.45) is 16.3 Å². The van der Waals surface area contributed by atoms with Crippen LogP contribution in [0.4, 0.5) is 0 Å². The Bertz CT molecular complexity index is 865. The lowest BCUT2D eigenvalue weighted by molar-refractivity contribution is -0.146. The molecule has 3 rings (SSSR count). The molecule has 0 saturated heterocycles. The summed E-state index contributed by atoms with van der Waals surface area (Å²) in [6, 6.07) is 7.61. The van der Waals surface area contributed by atoms with Gasteiger partial charge in [0.2, 0.25) is 0 Å². The van der Waals surface area contributed by atoms with E-state index in [1.165, 1.54) is 0 Å². The van der Waals surface area contributed by atoms with Crippen LogP contribution < -0.4 is 4.74 Å². The van der Waals surface area contributed by atoms with Crippen LogP contribution in [-0.4, -0.2) is 31.2 Å². The molecule has 5 heteroatoms. The number of unbranched alkanes of at least 4 members (excludes halogenated alkanes) is 1. The van der Waals surface area contributed by atoms with Crippen LogP contribution in [0.25, 0.3) is 0 Å². The standard InChI is InChI=1S/C24H31NO4/c1-6-7-12-29-23(27)20-15(2)25-17-13-24(3,4)14-18(26)22(17)21(20)16-10-8-9-11-19(16)28-5/h8-11,20-21H,6-7,12-14H2,1-5H3/t20?,21-/m0/s1. The lowest BCUT2D eigenvalue weighted by Gasteiger charge is -2.39. The minimum Gasteiger partial charge on any atom is -0.496 e. The number of methoxy groups -OCH3 is 1. The molecule has 5 nitrogen and oxygen atoms in total. The molecular formula is C24H31NO4. The molecule has 2 atom stereocenters. The van der Waals surface area contributed by atoms with Crippen LogP contribution in [0.2, 0.25) is 0 Å². The summed E-state index contributed by atoms with van der Waals surface area (Å²) in [5, 5.41) is 0. The van der Waals surface area contributed by atoms with E-state index in [0.29, 0.717) is 36.5 Å². The van der Waals surface area contributed by atoms with E-state index in [-0.39, 0.29) is 17.2 Å². The van der Waals surface area contributed by atoms with E-state index in [1.807, 2.05) is 31.2 Å². The molecule has 0 radical (unpaired) electrons. The van der Waals surface area contributed by atoms with Crippen molar-refractivity contribution < 1.29 is 19.1 Å². The number of carbonyl (C=O) groups excluding carboxylic acids is 2. The van der Waals surface area contributed by atoms with Crippen LogP contribution in [0.3, 0.4) is 0 Å². The number of hydrogen-bond donors (Lipinski definition) is 0. The summed E-state index contributed by atoms with van der Waals surface area (Å²) < 4.78 is 11.2. The Kier molecular flexibility index (Phi) is 6.25. The SMILES string of the molecule is CCCCOC(=O)C1C(C)=NC2=C(C(=O)CC(C)(C)C2)[C@H]1c1ccccc1OC. The molecule has 0 spiro atoms. The van der Waals surface area contributed by atoms with Gasteiger partial charge in [-0.15, -0.1) is 0 Å². The van der Waals surface area contributed by atoms with Crippen molar-refractivity contribution in [3.05, 3.63) is 41.1 Å². The lowest BCUT2D eigenvalue weighted by atomic mass is 9.66. The molecule has 0 aromatic heterocycles. The van der Waals surface area contributed by atoms with Gasteiger partial charge in [-0.2, -0.15) is 0 Å². The lowest BCUT2D eigenvalue weighted by Crippen LogP contribution is -2.39. The molecule has 0 bridgehead atoms. The van der Waals surface area contributed by atoms with Crippen molar-refractivity contribution in [3.63, 3.8) is 0 Å². The molecule has 1 heterocycles. The van der Waals surface area contributed by atoms with Gasteiger partial charge in [0.05, 0.1) is 13.7 Å². The summed E-state index contributed by atoms with van der Waals surface area (Å²) in [5.74, 6) is -0.638. The highest BCUT2D eigenvalue weighted by atomic mass is 16.5. The Labute approximate surface area is 173 Å². The summed E-state index contributed by atoms with van der Waals surface area (Å²) in [5.41, 5.74) is 2.85. The van der Waals surface area contributed by atoms with E-state index in [0.717, 1.165) is 24.1 Å². The summed E-state index contributed by atoms with van der Waals surface area (Å²) in [6.45, 7) is 8.47. The summed E-state index contributed by atoms with van der Waals surface area (Å²) in [6.07, 6.45) is 2.93. The first kappa shape index (κ1) is 21.3. The largest absolute Gasteiger partial charge is 0.496 e. The number of Topliss-reactive ketones (excluding diaryl/α,β-unsaturated/α-hetero) is 1. The summed E-state index contributed by atoms with van der Waals surface area (Å²) >= 11 is 0. The van der Waals surface area contributed by atoms with Crippen LogP contribution in [0.1, 0.15) is 64.9 Å². The van der Waals surface area contributed by atoms with Crippen molar-refractivity contribution in [1.82, 2.24) is 0 Å². The van der Waals surface area contributed by atoms with Gasteiger partial charge in [-0.25, -0.2) is 0 Å². The van der Waals surface area contributed by atoms with Crippen molar-refractivity contribution >= 4 is 17.5 Å². The number of para-hydroxylation sites is 1. The second kappa shape index (κ2) is 8.52. The molecule has 0 N–H and O–H groups in total. The maximum atomic E-state index is 13.2. The molecular weight excluding hydrogens is 366 g/mol. The van der Waals surface area contributed by atoms with Gasteiger partial charge in [0.25, 0.3) is 0 Å². The predicted octanol–water partition coefficient (Wildman–Crippen LogP) is 4.86. The van der Waals surface area contributed by atoms with Gasteiger partial charge in [0.15, 0.2) is 5.78 Å². The summed E-state index contributed by atoms with van der Waals surface area (Å²) in [4.78, 5) is 31.1. The number of nitrogens with zero attached hydrogens (tertiary/aromatic N) is 1. The molecule has 0 fully saturated rings. The average molecular weight is 398 g/mol. The molecule has 156 valence electrons. The van der Waals surface area contributed by atoms with E-state index in [9.17, 15) is 9.59 Å². The first-order valence-corrected chi connectivity index (χ1v) is 10.4. The fourth-order valence-corrected chi connectivity index (χ4v) is 4.42. The number of esters is 1. The van der Waals surface area contributed by atoms with Crippen LogP contribution in [0.5, 0.6) is 5.75 Å². The molecule has 1 aliphatic heterocycles. The smallest absolute Gasteiger partial charge is 0.315 e. The Balaban J connectivity index is 2.12. The van der Waals surface area contributed by atoms with E-state index < -0.39 is 11.8 Å². The first-order chi connectivity index (χ1) is 13.8. The Morgan fingerprint density at radius 2 is 1.97 bits per heavy atom. The average Bonchev–Trinajstić information content (AvgIpc) is 2.65. The number of carbonyl (C=O) groups is 2. The first-order valence-electron chi connectivity index (χ1n) is 10.4. The van der Waals surface area contributed by atoms with Crippen LogP contribution >= 0.6 is 0 Å². The maximum absolute atomic E-state index is 13.2. The highest BCUT2D eigenvalue weighted by Gasteiger charge is 2.46. The molecule has 1 unspecified atom stereocenters. The number of rotatable bonds is 6. The number of benzene rings is 1. The molecule has 1 aromatic rings. The van der Waals surface area contributed by atoms with Gasteiger partial charge in [-0.05, 0) is 31.2 Å². The molecule has 1 aliphatic carbocycles. The third-order valence-electron chi connectivity index (χ3n) is 5.77. The zero-order valence-corrected chi connectivity index (χ0v) is 18.1. The topological polar surface area (TPSA) is 65.0 Å². The van der Waals surface area contributed by atoms with Gasteiger partial charge in [-0.1, -0.05) is 45.4 Å². The fourth-order valence-electron chi connectivity index (χ4n) is 4.42. The highest BCUT2D eigenvalue weighted by Crippen LogP contribution is 2.49. The van der Waals surface area contributed by atoms with E-state index in [1.54, 1.807) is 7.11 Å². The van der Waals surface area contributed by atoms with Crippen LogP contribution in [0, 0.1) is 11.3 Å². The van der Waals surface area contributed by atoms with E-state index >= 15 is 0 Å². The highest BCUT2D eigenvalue weighted by molar-refractivity contribution is 6.09. The third-order valence-corrected chi connectivity index (χ3v) is 5.77. The van der Waals surface area contributed by atoms with Crippen molar-refractivity contribution in [1.29, 1.82) is 0 Å². The van der Waals surface area contributed by atoms with Gasteiger partial charge < -0.3 is 9.47 Å². The normalized spacial score (nSPS) is 23.3. The Hall–Kier alpha value is -2.43. The summed E-state index contributed by atoms with van der Waals surface area (Å²) in [7, 11) is 1.61. The van der Waals surface area contributed by atoms with E-state index in [2.05, 4.69) is 20.8 Å². The number of ketones is 1. The van der Waals surface area contributed by atoms with Gasteiger partial charge >= 0.3 is 5.97 Å². The second-order valence-electron chi connectivity index (χ2n) is 8.77. The Morgan fingerprint density at radius 3 is 2.66 bits per heavy atom. The molecule has 0 amide bonds. The number of hydrogen-bond acceptors (Lipinski definition) is 5. The molecule has 0 saturated carbocycles. The van der Waals surface area contributed by atoms with Crippen molar-refractivity contribution in [2.45, 2.75) is 59.3 Å². The van der Waals surface area contributed by atoms with Crippen LogP contribution in [0.15, 0.2) is 40.5 Å². The molecule has 1 aromatic carbocycles. The maximum Gasteiger partial charge on any atom is 0.315 e. The predicted molar refractivity (Wildman–Crippen MR) is 113 cm³/mol. The minimum absolute atomic E-state index is 0.0646. The van der Waals surface area contributed by atoms with Gasteiger partial charge in [0.1, 0.15) is 11.7 Å². The van der Waals surface area contributed by atoms with E-state index in [4.69, 9.17) is 14.5 Å². The van der Waals surface area contributed by atoms with Gasteiger partial charge in [-0.3, -0.25) is 14.6 Å². The minimum atomic E-state index is -0.618. The van der Waals surface area contributed by atoms with Crippen LogP contribution in [-0.2, 0) is 14.3 Å². The zero-order chi connectivity index (χ0) is 21.2. The molecule has 29 heavy (non-hydrogen) atoms. The third kappa shape index (κ3) is 4.29. The monoisotopic (exact) mass is 397 g/mol. The Morgan fingerprint density at radius 1 is 1.24 bits per heavy atom. The zero-order valence-electron chi connectivity index (χ0n) is 18.1. The van der Waals surface area contributed by atoms with Crippen molar-refractivity contribution in [2.75, 3.05) is 13.7 Å². The second-order valence-corrected chi connectivity index (χ2v) is 8.77. The fraction of sp³-hybridized carbons (Fsp3) is 0.542.